The molecule has 0 heterocycles. The van der Waals surface area contributed by atoms with Crippen LogP contribution in [-0.4, -0.2) is 27.2 Å². The summed E-state index contributed by atoms with van der Waals surface area (Å²) in [7, 11) is -3.97. The van der Waals surface area contributed by atoms with Crippen molar-refractivity contribution in [3.8, 4) is 5.75 Å². The number of alkyl halides is 3. The van der Waals surface area contributed by atoms with Crippen LogP contribution in [0.25, 0.3) is 0 Å². The third-order valence-electron chi connectivity index (χ3n) is 3.14. The molecule has 0 fully saturated rings. The van der Waals surface area contributed by atoms with Gasteiger partial charge in [-0.2, -0.15) is 0 Å². The van der Waals surface area contributed by atoms with E-state index in [0.717, 1.165) is 28.7 Å². The van der Waals surface area contributed by atoms with Crippen molar-refractivity contribution < 1.29 is 31.1 Å². The first-order valence-electron chi connectivity index (χ1n) is 7.46. The first-order valence-corrected chi connectivity index (χ1v) is 9.74. The zero-order chi connectivity index (χ0) is 20.1. The molecule has 0 spiro atoms. The number of carbonyl (C=O) groups excluding carboxylic acids is 1. The molecule has 146 valence electrons. The highest BCUT2D eigenvalue weighted by Gasteiger charge is 2.31. The van der Waals surface area contributed by atoms with Crippen LogP contribution in [0, 0.1) is 0 Å². The molecule has 0 aliphatic carbocycles. The van der Waals surface area contributed by atoms with E-state index < -0.39 is 28.0 Å². The van der Waals surface area contributed by atoms with Crippen LogP contribution in [0.15, 0.2) is 57.9 Å². The molecule has 0 aromatic heterocycles. The Hall–Kier alpha value is -2.11. The number of hydrogen-bond acceptors (Lipinski definition) is 4. The van der Waals surface area contributed by atoms with Crippen LogP contribution < -0.4 is 14.8 Å². The molecule has 0 unspecified atom stereocenters. The second-order valence-corrected chi connectivity index (χ2v) is 7.90. The van der Waals surface area contributed by atoms with Gasteiger partial charge in [0.2, 0.25) is 15.9 Å². The van der Waals surface area contributed by atoms with E-state index in [2.05, 4.69) is 30.7 Å². The highest BCUT2D eigenvalue weighted by atomic mass is 79.9. The molecule has 2 rings (SSSR count). The molecule has 0 aliphatic heterocycles. The average Bonchev–Trinajstić information content (AvgIpc) is 2.56. The average molecular weight is 467 g/mol. The monoisotopic (exact) mass is 466 g/mol. The van der Waals surface area contributed by atoms with Gasteiger partial charge < -0.3 is 10.1 Å². The highest BCUT2D eigenvalue weighted by Crippen LogP contribution is 2.23. The van der Waals surface area contributed by atoms with E-state index in [1.165, 1.54) is 0 Å². The second-order valence-electron chi connectivity index (χ2n) is 5.22. The molecule has 0 bridgehead atoms. The Balaban J connectivity index is 1.87. The maximum absolute atomic E-state index is 12.1. The minimum absolute atomic E-state index is 0.120. The van der Waals surface area contributed by atoms with Crippen LogP contribution in [-0.2, 0) is 14.8 Å². The third kappa shape index (κ3) is 7.19. The van der Waals surface area contributed by atoms with E-state index in [0.29, 0.717) is 5.69 Å². The molecule has 2 aromatic carbocycles. The fraction of sp³-hybridized carbons (Fsp3) is 0.188. The van der Waals surface area contributed by atoms with Crippen molar-refractivity contribution in [1.82, 2.24) is 4.72 Å². The van der Waals surface area contributed by atoms with E-state index >= 15 is 0 Å². The number of benzene rings is 2. The van der Waals surface area contributed by atoms with Crippen molar-refractivity contribution in [2.75, 3.05) is 11.9 Å². The van der Waals surface area contributed by atoms with E-state index in [4.69, 9.17) is 0 Å². The molecule has 0 saturated heterocycles. The molecule has 0 atom stereocenters. The Bertz CT molecular complexity index is 885. The first kappa shape index (κ1) is 21.2. The van der Waals surface area contributed by atoms with Gasteiger partial charge in [0.25, 0.3) is 0 Å². The summed E-state index contributed by atoms with van der Waals surface area (Å²) in [6.45, 7) is -0.175. The van der Waals surface area contributed by atoms with E-state index in [1.54, 1.807) is 24.3 Å². The van der Waals surface area contributed by atoms with Gasteiger partial charge in [0.15, 0.2) is 0 Å². The normalized spacial score (nSPS) is 11.9. The minimum atomic E-state index is -4.86. The number of rotatable bonds is 7. The summed E-state index contributed by atoms with van der Waals surface area (Å²) >= 11 is 3.26. The van der Waals surface area contributed by atoms with Gasteiger partial charge in [-0.15, -0.1) is 13.2 Å². The standard InChI is InChI=1S/C16H14BrF3N2O4S/c17-11-1-3-12(4-2-11)22-15(23)9-10-21-27(24,25)14-7-5-13(6-8-14)26-16(18,19)20/h1-8,21H,9-10H2,(H,22,23). The fourth-order valence-corrected chi connectivity index (χ4v) is 3.26. The lowest BCUT2D eigenvalue weighted by Gasteiger charge is -2.10. The zero-order valence-corrected chi connectivity index (χ0v) is 16.0. The molecule has 1 amide bonds. The van der Waals surface area contributed by atoms with Crippen LogP contribution in [0.4, 0.5) is 18.9 Å². The first-order chi connectivity index (χ1) is 12.5. The topological polar surface area (TPSA) is 84.5 Å². The lowest BCUT2D eigenvalue weighted by atomic mass is 10.3. The molecule has 2 N–H and O–H groups in total. The lowest BCUT2D eigenvalue weighted by Crippen LogP contribution is -2.27. The van der Waals surface area contributed by atoms with Gasteiger partial charge in [0.05, 0.1) is 4.90 Å². The SMILES string of the molecule is O=C(CCNS(=O)(=O)c1ccc(OC(F)(F)F)cc1)Nc1ccc(Br)cc1. The molecule has 0 aliphatic rings. The van der Waals surface area contributed by atoms with Gasteiger partial charge in [0, 0.05) is 23.1 Å². The maximum Gasteiger partial charge on any atom is 0.573 e. The third-order valence-corrected chi connectivity index (χ3v) is 5.15. The van der Waals surface area contributed by atoms with E-state index in [9.17, 15) is 26.4 Å². The molecule has 27 heavy (non-hydrogen) atoms. The number of halogens is 4. The molecule has 0 saturated carbocycles. The minimum Gasteiger partial charge on any atom is -0.406 e. The summed E-state index contributed by atoms with van der Waals surface area (Å²) in [5.41, 5.74) is 0.561. The number of nitrogens with one attached hydrogen (secondary N) is 2. The van der Waals surface area contributed by atoms with Crippen molar-refractivity contribution in [3.05, 3.63) is 53.0 Å². The van der Waals surface area contributed by atoms with E-state index in [1.807, 2.05) is 0 Å². The van der Waals surface area contributed by atoms with Crippen LogP contribution in [0.5, 0.6) is 5.75 Å². The molecule has 11 heteroatoms. The predicted octanol–water partition coefficient (Wildman–Crippen LogP) is 3.65. The van der Waals surface area contributed by atoms with Crippen LogP contribution in [0.2, 0.25) is 0 Å². The largest absolute Gasteiger partial charge is 0.573 e. The van der Waals surface area contributed by atoms with Crippen molar-refractivity contribution >= 4 is 37.5 Å². The number of hydrogen-bond donors (Lipinski definition) is 2. The lowest BCUT2D eigenvalue weighted by molar-refractivity contribution is -0.274. The number of ether oxygens (including phenoxy) is 1. The number of anilines is 1. The summed E-state index contributed by atoms with van der Waals surface area (Å²) in [5.74, 6) is -0.927. The summed E-state index contributed by atoms with van der Waals surface area (Å²) in [6, 6.07) is 10.6. The van der Waals surface area contributed by atoms with Crippen molar-refractivity contribution in [2.45, 2.75) is 17.7 Å². The van der Waals surface area contributed by atoms with Gasteiger partial charge in [-0.25, -0.2) is 13.1 Å². The Kier molecular flexibility index (Phi) is 6.84. The van der Waals surface area contributed by atoms with Crippen molar-refractivity contribution in [1.29, 1.82) is 0 Å². The second kappa shape index (κ2) is 8.72. The van der Waals surface area contributed by atoms with Gasteiger partial charge in [-0.05, 0) is 48.5 Å². The van der Waals surface area contributed by atoms with Gasteiger partial charge in [-0.3, -0.25) is 4.79 Å². The zero-order valence-electron chi connectivity index (χ0n) is 13.6. The van der Waals surface area contributed by atoms with Gasteiger partial charge in [-0.1, -0.05) is 15.9 Å². The summed E-state index contributed by atoms with van der Waals surface area (Å²) in [5, 5.41) is 2.61. The van der Waals surface area contributed by atoms with Crippen molar-refractivity contribution in [2.24, 2.45) is 0 Å². The number of amides is 1. The Labute approximate surface area is 161 Å². The molecular weight excluding hydrogens is 453 g/mol. The van der Waals surface area contributed by atoms with Crippen LogP contribution in [0.3, 0.4) is 0 Å². The van der Waals surface area contributed by atoms with Crippen LogP contribution >= 0.6 is 15.9 Å². The van der Waals surface area contributed by atoms with Crippen LogP contribution in [0.1, 0.15) is 6.42 Å². The van der Waals surface area contributed by atoms with Gasteiger partial charge >= 0.3 is 6.36 Å². The Morgan fingerprint density at radius 3 is 2.19 bits per heavy atom. The maximum atomic E-state index is 12.1. The Morgan fingerprint density at radius 2 is 1.63 bits per heavy atom. The van der Waals surface area contributed by atoms with Crippen molar-refractivity contribution in [3.63, 3.8) is 0 Å². The summed E-state index contributed by atoms with van der Waals surface area (Å²) in [4.78, 5) is 11.6. The molecule has 2 aromatic rings. The molecular formula is C16H14BrF3N2O4S. The highest BCUT2D eigenvalue weighted by molar-refractivity contribution is 9.10. The quantitative estimate of drug-likeness (QED) is 0.651. The smallest absolute Gasteiger partial charge is 0.406 e. The fourth-order valence-electron chi connectivity index (χ4n) is 1.96. The number of carbonyl (C=O) groups is 1. The molecule has 0 radical (unpaired) electrons. The number of sulfonamides is 1. The Morgan fingerprint density at radius 1 is 1.04 bits per heavy atom. The van der Waals surface area contributed by atoms with E-state index in [-0.39, 0.29) is 17.9 Å². The predicted molar refractivity (Wildman–Crippen MR) is 95.7 cm³/mol. The summed E-state index contributed by atoms with van der Waals surface area (Å²) < 4.78 is 67.2. The van der Waals surface area contributed by atoms with Gasteiger partial charge in [0.1, 0.15) is 5.75 Å². The molecule has 6 nitrogen and oxygen atoms in total. The summed E-state index contributed by atoms with van der Waals surface area (Å²) in [6.07, 6.45) is -4.98.